The van der Waals surface area contributed by atoms with Crippen LogP contribution in [0.5, 0.6) is 0 Å². The molecule has 1 heterocycles. The first-order valence-electron chi connectivity index (χ1n) is 5.22. The zero-order chi connectivity index (χ0) is 8.39. The Kier molecular flexibility index (Phi) is 2.66. The highest BCUT2D eigenvalue weighted by Crippen LogP contribution is 2.26. The average Bonchev–Trinajstić information content (AvgIpc) is 2.53. The average molecular weight is 167 g/mol. The van der Waals surface area contributed by atoms with Crippen molar-refractivity contribution < 1.29 is 0 Å². The molecule has 2 aliphatic rings. The second-order valence-corrected chi connectivity index (χ2v) is 4.00. The lowest BCUT2D eigenvalue weighted by Crippen LogP contribution is -2.36. The highest BCUT2D eigenvalue weighted by atomic mass is 15.3. The fourth-order valence-electron chi connectivity index (χ4n) is 2.48. The van der Waals surface area contributed by atoms with E-state index in [4.69, 9.17) is 0 Å². The molecular formula is C10H19N2-. The quantitative estimate of drug-likeness (QED) is 0.598. The van der Waals surface area contributed by atoms with Crippen LogP contribution in [0.15, 0.2) is 0 Å². The van der Waals surface area contributed by atoms with Crippen LogP contribution in [-0.4, -0.2) is 24.0 Å². The number of rotatable bonds is 1. The predicted octanol–water partition coefficient (Wildman–Crippen LogP) is 1.73. The summed E-state index contributed by atoms with van der Waals surface area (Å²) in [5, 5.41) is 3.41. The first-order valence-corrected chi connectivity index (χ1v) is 5.22. The van der Waals surface area contributed by atoms with Gasteiger partial charge in [-0.15, -0.1) is 0 Å². The standard InChI is InChI=1S/C10H19N2/c1-9-11-7-8-12(9)10-5-3-2-4-6-10/h10-11H,2-8H2,1H3/q-1. The third kappa shape index (κ3) is 1.64. The van der Waals surface area contributed by atoms with E-state index in [0.717, 1.165) is 12.6 Å². The van der Waals surface area contributed by atoms with Gasteiger partial charge in [0.25, 0.3) is 0 Å². The molecule has 0 bridgehead atoms. The molecule has 1 N–H and O–H groups in total. The molecule has 1 saturated carbocycles. The summed E-state index contributed by atoms with van der Waals surface area (Å²) < 4.78 is 0. The van der Waals surface area contributed by atoms with Crippen LogP contribution in [0.4, 0.5) is 0 Å². The van der Waals surface area contributed by atoms with Crippen molar-refractivity contribution in [3.63, 3.8) is 0 Å². The van der Waals surface area contributed by atoms with Crippen LogP contribution in [0.25, 0.3) is 0 Å². The molecule has 0 aromatic carbocycles. The predicted molar refractivity (Wildman–Crippen MR) is 50.5 cm³/mol. The first-order chi connectivity index (χ1) is 5.88. The number of nitrogens with zero attached hydrogens (tertiary/aromatic N) is 1. The van der Waals surface area contributed by atoms with Gasteiger partial charge in [0.05, 0.1) is 0 Å². The lowest BCUT2D eigenvalue weighted by Gasteiger charge is -2.43. The fraction of sp³-hybridized carbons (Fsp3) is 0.900. The maximum Gasteiger partial charge on any atom is -0.0170 e. The van der Waals surface area contributed by atoms with Gasteiger partial charge in [0.1, 0.15) is 0 Å². The molecule has 0 aromatic heterocycles. The number of hydrogen-bond donors (Lipinski definition) is 1. The van der Waals surface area contributed by atoms with Crippen molar-refractivity contribution in [3.8, 4) is 0 Å². The van der Waals surface area contributed by atoms with Gasteiger partial charge >= 0.3 is 0 Å². The largest absolute Gasteiger partial charge is 0.452 e. The SMILES string of the molecule is C[C-]1NCCN1C1CCCCC1. The van der Waals surface area contributed by atoms with E-state index in [9.17, 15) is 0 Å². The third-order valence-corrected chi connectivity index (χ3v) is 3.18. The summed E-state index contributed by atoms with van der Waals surface area (Å²) in [6.45, 7) is 4.60. The maximum absolute atomic E-state index is 3.41. The molecule has 0 unspecified atom stereocenters. The summed E-state index contributed by atoms with van der Waals surface area (Å²) in [7, 11) is 0. The van der Waals surface area contributed by atoms with Crippen LogP contribution in [0.3, 0.4) is 0 Å². The summed E-state index contributed by atoms with van der Waals surface area (Å²) in [4.78, 5) is 2.57. The Morgan fingerprint density at radius 2 is 2.00 bits per heavy atom. The zero-order valence-corrected chi connectivity index (χ0v) is 7.97. The van der Waals surface area contributed by atoms with Gasteiger partial charge in [-0.05, 0) is 32.0 Å². The van der Waals surface area contributed by atoms with Gasteiger partial charge in [0.15, 0.2) is 0 Å². The number of nitrogens with one attached hydrogen (secondary N) is 1. The molecule has 2 nitrogen and oxygen atoms in total. The van der Waals surface area contributed by atoms with E-state index in [2.05, 4.69) is 17.1 Å². The summed E-state index contributed by atoms with van der Waals surface area (Å²) in [5.41, 5.74) is 0. The molecule has 2 fully saturated rings. The first kappa shape index (κ1) is 8.52. The Morgan fingerprint density at radius 3 is 2.58 bits per heavy atom. The van der Waals surface area contributed by atoms with E-state index in [0.29, 0.717) is 0 Å². The highest BCUT2D eigenvalue weighted by Gasteiger charge is 2.20. The van der Waals surface area contributed by atoms with Crippen LogP contribution in [0.1, 0.15) is 39.0 Å². The van der Waals surface area contributed by atoms with Crippen LogP contribution in [0, 0.1) is 6.17 Å². The molecule has 2 heteroatoms. The molecular weight excluding hydrogens is 148 g/mol. The van der Waals surface area contributed by atoms with Crippen LogP contribution >= 0.6 is 0 Å². The van der Waals surface area contributed by atoms with E-state index in [1.165, 1.54) is 44.8 Å². The van der Waals surface area contributed by atoms with Crippen LogP contribution in [-0.2, 0) is 0 Å². The Morgan fingerprint density at radius 1 is 1.25 bits per heavy atom. The number of hydrogen-bond acceptors (Lipinski definition) is 2. The zero-order valence-electron chi connectivity index (χ0n) is 7.97. The van der Waals surface area contributed by atoms with Crippen molar-refractivity contribution in [2.45, 2.75) is 45.1 Å². The van der Waals surface area contributed by atoms with Gasteiger partial charge in [-0.1, -0.05) is 19.3 Å². The topological polar surface area (TPSA) is 15.3 Å². The second kappa shape index (κ2) is 3.75. The van der Waals surface area contributed by atoms with E-state index < -0.39 is 0 Å². The van der Waals surface area contributed by atoms with Gasteiger partial charge in [-0.25, -0.2) is 0 Å². The van der Waals surface area contributed by atoms with Gasteiger partial charge in [0.2, 0.25) is 0 Å². The van der Waals surface area contributed by atoms with Gasteiger partial charge in [0, 0.05) is 0 Å². The molecule has 0 radical (unpaired) electrons. The highest BCUT2D eigenvalue weighted by molar-refractivity contribution is 4.93. The van der Waals surface area contributed by atoms with Crippen LogP contribution in [0.2, 0.25) is 0 Å². The summed E-state index contributed by atoms with van der Waals surface area (Å²) in [6.07, 6.45) is 8.57. The minimum absolute atomic E-state index is 0.855. The molecule has 0 amide bonds. The molecule has 0 atom stereocenters. The van der Waals surface area contributed by atoms with Crippen molar-refractivity contribution in [2.75, 3.05) is 13.1 Å². The molecule has 0 spiro atoms. The van der Waals surface area contributed by atoms with Gasteiger partial charge < -0.3 is 10.2 Å². The van der Waals surface area contributed by atoms with E-state index in [1.807, 2.05) is 0 Å². The van der Waals surface area contributed by atoms with Crippen LogP contribution < -0.4 is 5.32 Å². The van der Waals surface area contributed by atoms with Gasteiger partial charge in [-0.3, -0.25) is 0 Å². The summed E-state index contributed by atoms with van der Waals surface area (Å²) in [6, 6.07) is 0.855. The molecule has 0 aromatic rings. The Labute approximate surface area is 75.3 Å². The summed E-state index contributed by atoms with van der Waals surface area (Å²) in [5.74, 6) is 0. The normalized spacial score (nSPS) is 29.8. The lowest BCUT2D eigenvalue weighted by atomic mass is 9.94. The van der Waals surface area contributed by atoms with E-state index >= 15 is 0 Å². The lowest BCUT2D eigenvalue weighted by molar-refractivity contribution is 0.194. The molecule has 12 heavy (non-hydrogen) atoms. The van der Waals surface area contributed by atoms with Crippen molar-refractivity contribution in [1.29, 1.82) is 0 Å². The van der Waals surface area contributed by atoms with Crippen molar-refractivity contribution in [3.05, 3.63) is 6.17 Å². The molecule has 2 rings (SSSR count). The monoisotopic (exact) mass is 167 g/mol. The Balaban J connectivity index is 1.89. The summed E-state index contributed by atoms with van der Waals surface area (Å²) >= 11 is 0. The van der Waals surface area contributed by atoms with Gasteiger partial charge in [-0.2, -0.15) is 13.1 Å². The minimum atomic E-state index is 0.855. The minimum Gasteiger partial charge on any atom is -0.452 e. The smallest absolute Gasteiger partial charge is 0.0170 e. The molecule has 1 aliphatic carbocycles. The van der Waals surface area contributed by atoms with E-state index in [1.54, 1.807) is 0 Å². The Bertz CT molecular complexity index is 141. The Hall–Kier alpha value is -0.0800. The van der Waals surface area contributed by atoms with Crippen molar-refractivity contribution in [2.24, 2.45) is 0 Å². The second-order valence-electron chi connectivity index (χ2n) is 4.00. The van der Waals surface area contributed by atoms with Crippen molar-refractivity contribution >= 4 is 0 Å². The molecule has 70 valence electrons. The molecule has 1 aliphatic heterocycles. The fourth-order valence-corrected chi connectivity index (χ4v) is 2.48. The molecule has 1 saturated heterocycles. The third-order valence-electron chi connectivity index (χ3n) is 3.18. The van der Waals surface area contributed by atoms with Crippen molar-refractivity contribution in [1.82, 2.24) is 10.2 Å². The van der Waals surface area contributed by atoms with E-state index in [-0.39, 0.29) is 0 Å². The maximum atomic E-state index is 3.41.